The van der Waals surface area contributed by atoms with E-state index < -0.39 is 24.0 Å². The van der Waals surface area contributed by atoms with Crippen LogP contribution in [0, 0.1) is 17.8 Å². The van der Waals surface area contributed by atoms with Gasteiger partial charge in [0.1, 0.15) is 17.5 Å². The Morgan fingerprint density at radius 2 is 1.92 bits per heavy atom. The molecule has 6 rings (SSSR count). The molecule has 294 valence electrons. The molecule has 13 heteroatoms. The lowest BCUT2D eigenvalue weighted by atomic mass is 9.55. The number of rotatable bonds is 17. The normalized spacial score (nSPS) is 30.0. The van der Waals surface area contributed by atoms with Crippen molar-refractivity contribution in [1.29, 1.82) is 0 Å². The first-order valence-corrected chi connectivity index (χ1v) is 20.1. The Labute approximate surface area is 313 Å². The molecule has 3 aliphatic heterocycles. The van der Waals surface area contributed by atoms with Crippen molar-refractivity contribution in [3.05, 3.63) is 35.4 Å². The van der Waals surface area contributed by atoms with Gasteiger partial charge in [-0.05, 0) is 93.4 Å². The van der Waals surface area contributed by atoms with Crippen LogP contribution in [0.4, 0.5) is 4.79 Å². The van der Waals surface area contributed by atoms with Gasteiger partial charge in [-0.1, -0.05) is 31.0 Å². The Morgan fingerprint density at radius 1 is 1.11 bits per heavy atom. The molecule has 2 saturated heterocycles. The molecule has 7 atom stereocenters. The summed E-state index contributed by atoms with van der Waals surface area (Å²) in [6.45, 7) is 4.83. The number of likely N-dealkylation sites (tertiary alicyclic amines) is 1. The maximum atomic E-state index is 14.2. The predicted molar refractivity (Wildman–Crippen MR) is 198 cm³/mol. The summed E-state index contributed by atoms with van der Waals surface area (Å²) in [5.41, 5.74) is 2.25. The fourth-order valence-corrected chi connectivity index (χ4v) is 9.34. The van der Waals surface area contributed by atoms with Crippen LogP contribution in [0.2, 0.25) is 0 Å². The van der Waals surface area contributed by atoms with E-state index in [0.29, 0.717) is 69.8 Å². The fraction of sp³-hybridized carbons (Fsp3) is 0.725. The summed E-state index contributed by atoms with van der Waals surface area (Å²) in [6.07, 6.45) is 11.7. The third-order valence-electron chi connectivity index (χ3n) is 11.8. The van der Waals surface area contributed by atoms with Gasteiger partial charge in [-0.2, -0.15) is 0 Å². The molecule has 53 heavy (non-hydrogen) atoms. The van der Waals surface area contributed by atoms with Crippen molar-refractivity contribution in [3.63, 3.8) is 0 Å². The number of nitrogens with one attached hydrogen (secondary N) is 1. The SMILES string of the molecule is CCCN(C(=O)NCCCN1CCCC1=O)[C@H]1CC(=NOC2CCCCO2)C2=C[C@H](CCCCO)[C@@H](CCCCO)[C@@H]3c4cc(O)ccc4O[C@@]1(O)[C@H]23. The number of carbonyl (C=O) groups excluding carboxylic acids is 2. The monoisotopic (exact) mass is 740 g/mol. The molecule has 3 fully saturated rings. The lowest BCUT2D eigenvalue weighted by Gasteiger charge is -2.58. The van der Waals surface area contributed by atoms with Crippen LogP contribution in [-0.4, -0.2) is 112 Å². The van der Waals surface area contributed by atoms with Gasteiger partial charge in [0.25, 0.3) is 0 Å². The highest BCUT2D eigenvalue weighted by Gasteiger charge is 2.64. The summed E-state index contributed by atoms with van der Waals surface area (Å²) in [7, 11) is 0. The van der Waals surface area contributed by atoms with Crippen molar-refractivity contribution in [3.8, 4) is 11.5 Å². The van der Waals surface area contributed by atoms with Gasteiger partial charge in [0.15, 0.2) is 0 Å². The van der Waals surface area contributed by atoms with Gasteiger partial charge in [0.05, 0.1) is 18.2 Å². The summed E-state index contributed by atoms with van der Waals surface area (Å²) in [5.74, 6) is -2.02. The Balaban J connectivity index is 1.40. The standard InChI is InChI=1S/C40H60N4O9/c1-2-18-44(39(49)41-17-10-20-43-19-9-13-35(43)48)34-26-32(42-53-36-14-5-8-23-51-36)30-24-27(11-3-6-21-45)29(12-4-7-22-46)37-31-25-28(47)15-16-33(31)52-40(34,50)38(30)37/h15-16,24-25,27,29,34,36-38,45-47,50H,2-14,17-23,26H2,1H3,(H,41,49)/t27-,29+,34-,36?,37+,38+,40+/m0/s1. The summed E-state index contributed by atoms with van der Waals surface area (Å²) >= 11 is 0. The minimum absolute atomic E-state index is 0.00862. The third kappa shape index (κ3) is 8.79. The van der Waals surface area contributed by atoms with Gasteiger partial charge in [-0.25, -0.2) is 4.79 Å². The highest BCUT2D eigenvalue weighted by Crippen LogP contribution is 2.60. The number of phenols is 1. The second kappa shape index (κ2) is 18.3. The summed E-state index contributed by atoms with van der Waals surface area (Å²) < 4.78 is 12.6. The molecule has 0 aromatic heterocycles. The van der Waals surface area contributed by atoms with Crippen LogP contribution in [0.1, 0.15) is 108 Å². The number of nitrogens with zero attached hydrogens (tertiary/aromatic N) is 3. The van der Waals surface area contributed by atoms with Crippen molar-refractivity contribution in [2.75, 3.05) is 46.0 Å². The first-order valence-electron chi connectivity index (χ1n) is 20.1. The number of aliphatic hydroxyl groups is 3. The summed E-state index contributed by atoms with van der Waals surface area (Å²) in [5, 5.41) is 51.3. The van der Waals surface area contributed by atoms with E-state index >= 15 is 0 Å². The van der Waals surface area contributed by atoms with Crippen LogP contribution in [0.5, 0.6) is 11.5 Å². The van der Waals surface area contributed by atoms with Crippen LogP contribution in [0.15, 0.2) is 35.0 Å². The number of amides is 3. The van der Waals surface area contributed by atoms with Gasteiger partial charge >= 0.3 is 6.03 Å². The number of ether oxygens (including phenoxy) is 2. The highest BCUT2D eigenvalue weighted by molar-refractivity contribution is 6.03. The third-order valence-corrected chi connectivity index (χ3v) is 11.8. The quantitative estimate of drug-likeness (QED) is 0.111. The van der Waals surface area contributed by atoms with Gasteiger partial charge in [-0.15, -0.1) is 0 Å². The number of benzene rings is 1. The van der Waals surface area contributed by atoms with Gasteiger partial charge in [-0.3, -0.25) is 4.79 Å². The van der Waals surface area contributed by atoms with Crippen molar-refractivity contribution < 1.29 is 44.3 Å². The first kappa shape index (κ1) is 39.3. The number of allylic oxidation sites excluding steroid dienone is 1. The molecule has 0 spiro atoms. The molecular formula is C40H60N4O9. The zero-order valence-electron chi connectivity index (χ0n) is 31.3. The molecule has 1 unspecified atom stereocenters. The topological polar surface area (TPSA) is 174 Å². The van der Waals surface area contributed by atoms with E-state index in [-0.39, 0.29) is 55.1 Å². The van der Waals surface area contributed by atoms with Crippen LogP contribution in [0.25, 0.3) is 0 Å². The maximum absolute atomic E-state index is 14.2. The van der Waals surface area contributed by atoms with Crippen molar-refractivity contribution in [2.45, 2.75) is 121 Å². The Morgan fingerprint density at radius 3 is 2.64 bits per heavy atom. The molecule has 1 aromatic rings. The molecule has 5 aliphatic rings. The number of carbonyl (C=O) groups is 2. The van der Waals surface area contributed by atoms with E-state index in [4.69, 9.17) is 19.5 Å². The number of phenolic OH excluding ortho intramolecular Hbond substituents is 1. The first-order chi connectivity index (χ1) is 25.8. The van der Waals surface area contributed by atoms with Crippen LogP contribution in [0.3, 0.4) is 0 Å². The average molecular weight is 741 g/mol. The van der Waals surface area contributed by atoms with Gasteiger partial charge in [0, 0.05) is 70.1 Å². The molecular weight excluding hydrogens is 680 g/mol. The maximum Gasteiger partial charge on any atom is 0.317 e. The van der Waals surface area contributed by atoms with Gasteiger partial charge < -0.3 is 49.9 Å². The van der Waals surface area contributed by atoms with E-state index in [1.54, 1.807) is 23.1 Å². The smallest absolute Gasteiger partial charge is 0.317 e. The fourth-order valence-electron chi connectivity index (χ4n) is 9.34. The van der Waals surface area contributed by atoms with Crippen LogP contribution >= 0.6 is 0 Å². The average Bonchev–Trinajstić information content (AvgIpc) is 3.57. The summed E-state index contributed by atoms with van der Waals surface area (Å²) in [6, 6.07) is 3.84. The Hall–Kier alpha value is -3.39. The number of aliphatic hydroxyl groups excluding tert-OH is 2. The number of hydrogen-bond acceptors (Lipinski definition) is 10. The lowest BCUT2D eigenvalue weighted by molar-refractivity contribution is -0.228. The Kier molecular flexibility index (Phi) is 13.6. The van der Waals surface area contributed by atoms with Crippen molar-refractivity contribution in [2.24, 2.45) is 22.9 Å². The van der Waals surface area contributed by atoms with Crippen LogP contribution < -0.4 is 10.1 Å². The molecule has 1 saturated carbocycles. The van der Waals surface area contributed by atoms with Crippen LogP contribution in [-0.2, 0) is 14.4 Å². The molecule has 3 heterocycles. The number of aromatic hydroxyl groups is 1. The second-order valence-corrected chi connectivity index (χ2v) is 15.4. The molecule has 5 N–H and O–H groups in total. The van der Waals surface area contributed by atoms with E-state index in [9.17, 15) is 30.0 Å². The highest BCUT2D eigenvalue weighted by atomic mass is 16.8. The van der Waals surface area contributed by atoms with E-state index in [1.807, 2.05) is 11.8 Å². The van der Waals surface area contributed by atoms with E-state index in [0.717, 1.165) is 69.0 Å². The second-order valence-electron chi connectivity index (χ2n) is 15.4. The molecule has 13 nitrogen and oxygen atoms in total. The van der Waals surface area contributed by atoms with Gasteiger partial charge in [0.2, 0.25) is 18.0 Å². The minimum Gasteiger partial charge on any atom is -0.508 e. The predicted octanol–water partition coefficient (Wildman–Crippen LogP) is 4.78. The number of oxime groups is 1. The molecule has 0 bridgehead atoms. The zero-order valence-corrected chi connectivity index (χ0v) is 31.3. The molecule has 3 amide bonds. The minimum atomic E-state index is -1.85. The van der Waals surface area contributed by atoms with E-state index in [1.165, 1.54) is 0 Å². The number of hydrogen-bond donors (Lipinski definition) is 5. The zero-order chi connectivity index (χ0) is 37.4. The van der Waals surface area contributed by atoms with Crippen molar-refractivity contribution in [1.82, 2.24) is 15.1 Å². The largest absolute Gasteiger partial charge is 0.508 e. The molecule has 1 aromatic carbocycles. The number of unbranched alkanes of at least 4 members (excludes halogenated alkanes) is 2. The lowest BCUT2D eigenvalue weighted by Crippen LogP contribution is -2.69. The molecule has 2 aliphatic carbocycles. The van der Waals surface area contributed by atoms with Crippen molar-refractivity contribution >= 4 is 17.6 Å². The molecule has 0 radical (unpaired) electrons. The number of urea groups is 1. The Bertz CT molecular complexity index is 1470. The van der Waals surface area contributed by atoms with E-state index in [2.05, 4.69) is 11.4 Å². The number of fused-ring (bicyclic) bond motifs is 2. The summed E-state index contributed by atoms with van der Waals surface area (Å²) in [4.78, 5) is 35.9.